The van der Waals surface area contributed by atoms with E-state index in [0.29, 0.717) is 11.6 Å². The number of nitrogens with zero attached hydrogens (tertiary/aromatic N) is 1. The van der Waals surface area contributed by atoms with Crippen molar-refractivity contribution in [1.82, 2.24) is 4.90 Å². The minimum Gasteiger partial charge on any atom is -0.496 e. The number of benzene rings is 2. The van der Waals surface area contributed by atoms with Gasteiger partial charge in [0.2, 0.25) is 0 Å². The maximum atomic E-state index is 6.20. The Bertz CT molecular complexity index is 566. The fourth-order valence-electron chi connectivity index (χ4n) is 2.19. The number of para-hydroxylation sites is 1. The number of halogens is 1. The van der Waals surface area contributed by atoms with Crippen molar-refractivity contribution in [2.75, 3.05) is 19.9 Å². The highest BCUT2D eigenvalue weighted by Crippen LogP contribution is 2.25. The summed E-state index contributed by atoms with van der Waals surface area (Å²) in [7, 11) is 3.72. The highest BCUT2D eigenvalue weighted by Gasteiger charge is 2.10. The molecule has 2 rings (SSSR count). The molecule has 0 aliphatic rings. The second-order valence-electron chi connectivity index (χ2n) is 4.79. The van der Waals surface area contributed by atoms with Crippen molar-refractivity contribution < 1.29 is 4.74 Å². The van der Waals surface area contributed by atoms with Crippen LogP contribution in [0.2, 0.25) is 5.02 Å². The third-order valence-electron chi connectivity index (χ3n) is 3.22. The van der Waals surface area contributed by atoms with Crippen LogP contribution in [0.4, 0.5) is 5.69 Å². The molecule has 2 aromatic rings. The first-order valence-electron chi connectivity index (χ1n) is 6.45. The van der Waals surface area contributed by atoms with Crippen LogP contribution in [-0.2, 0) is 13.1 Å². The smallest absolute Gasteiger partial charge is 0.123 e. The van der Waals surface area contributed by atoms with Crippen LogP contribution in [0, 0.1) is 0 Å². The first-order valence-corrected chi connectivity index (χ1v) is 6.83. The Morgan fingerprint density at radius 3 is 2.55 bits per heavy atom. The average molecular weight is 291 g/mol. The molecule has 0 saturated carbocycles. The monoisotopic (exact) mass is 290 g/mol. The molecule has 4 heteroatoms. The number of hydrogen-bond donors (Lipinski definition) is 1. The van der Waals surface area contributed by atoms with Gasteiger partial charge in [0.05, 0.1) is 7.11 Å². The van der Waals surface area contributed by atoms with E-state index in [-0.39, 0.29) is 0 Å². The van der Waals surface area contributed by atoms with E-state index in [1.54, 1.807) is 7.11 Å². The average Bonchev–Trinajstić information content (AvgIpc) is 2.44. The molecule has 2 N–H and O–H groups in total. The van der Waals surface area contributed by atoms with Gasteiger partial charge >= 0.3 is 0 Å². The van der Waals surface area contributed by atoms with E-state index in [2.05, 4.69) is 11.0 Å². The van der Waals surface area contributed by atoms with Gasteiger partial charge in [0.15, 0.2) is 0 Å². The largest absolute Gasteiger partial charge is 0.496 e. The van der Waals surface area contributed by atoms with Gasteiger partial charge in [-0.25, -0.2) is 0 Å². The SMILES string of the molecule is COc1ccccc1CN(C)Cc1c(N)cccc1Cl. The summed E-state index contributed by atoms with van der Waals surface area (Å²) in [6, 6.07) is 13.6. The van der Waals surface area contributed by atoms with E-state index in [9.17, 15) is 0 Å². The number of methoxy groups -OCH3 is 1. The lowest BCUT2D eigenvalue weighted by Crippen LogP contribution is -2.18. The summed E-state index contributed by atoms with van der Waals surface area (Å²) >= 11 is 6.20. The van der Waals surface area contributed by atoms with Crippen molar-refractivity contribution in [3.05, 3.63) is 58.6 Å². The maximum Gasteiger partial charge on any atom is 0.123 e. The maximum absolute atomic E-state index is 6.20. The molecule has 106 valence electrons. The first-order chi connectivity index (χ1) is 9.61. The van der Waals surface area contributed by atoms with Crippen LogP contribution in [0.25, 0.3) is 0 Å². The predicted octanol–water partition coefficient (Wildman–Crippen LogP) is 3.56. The van der Waals surface area contributed by atoms with Crippen LogP contribution in [0.15, 0.2) is 42.5 Å². The molecule has 0 heterocycles. The number of rotatable bonds is 5. The summed E-state index contributed by atoms with van der Waals surface area (Å²) in [4.78, 5) is 2.16. The lowest BCUT2D eigenvalue weighted by atomic mass is 10.1. The van der Waals surface area contributed by atoms with Gasteiger partial charge in [-0.15, -0.1) is 0 Å². The summed E-state index contributed by atoms with van der Waals surface area (Å²) < 4.78 is 5.37. The lowest BCUT2D eigenvalue weighted by Gasteiger charge is -2.20. The molecule has 0 radical (unpaired) electrons. The molecular formula is C16H19ClN2O. The predicted molar refractivity (Wildman–Crippen MR) is 84.0 cm³/mol. The van der Waals surface area contributed by atoms with E-state index in [1.165, 1.54) is 0 Å². The number of anilines is 1. The Labute approximate surface area is 124 Å². The third kappa shape index (κ3) is 3.44. The summed E-state index contributed by atoms with van der Waals surface area (Å²) in [6.07, 6.45) is 0. The number of hydrogen-bond acceptors (Lipinski definition) is 3. The van der Waals surface area contributed by atoms with Gasteiger partial charge in [0.1, 0.15) is 5.75 Å². The second-order valence-corrected chi connectivity index (χ2v) is 5.20. The standard InChI is InChI=1S/C16H19ClN2O/c1-19(10-12-6-3-4-9-16(12)20-2)11-13-14(17)7-5-8-15(13)18/h3-9H,10-11,18H2,1-2H3. The molecule has 0 aliphatic heterocycles. The van der Waals surface area contributed by atoms with Gasteiger partial charge in [0.25, 0.3) is 0 Å². The van der Waals surface area contributed by atoms with Gasteiger partial charge in [0, 0.05) is 34.9 Å². The van der Waals surface area contributed by atoms with Gasteiger partial charge < -0.3 is 10.5 Å². The number of nitrogen functional groups attached to an aromatic ring is 1. The normalized spacial score (nSPS) is 10.8. The summed E-state index contributed by atoms with van der Waals surface area (Å²) in [5.74, 6) is 0.895. The number of ether oxygens (including phenoxy) is 1. The van der Waals surface area contributed by atoms with Gasteiger partial charge in [-0.05, 0) is 25.2 Å². The van der Waals surface area contributed by atoms with E-state index in [0.717, 1.165) is 29.1 Å². The fourth-order valence-corrected chi connectivity index (χ4v) is 2.43. The molecule has 0 unspecified atom stereocenters. The van der Waals surface area contributed by atoms with Crippen molar-refractivity contribution in [3.8, 4) is 5.75 Å². The molecule has 3 nitrogen and oxygen atoms in total. The van der Waals surface area contributed by atoms with E-state index >= 15 is 0 Å². The minimum atomic E-state index is 0.698. The third-order valence-corrected chi connectivity index (χ3v) is 3.57. The molecule has 0 saturated heterocycles. The summed E-state index contributed by atoms with van der Waals surface area (Å²) in [6.45, 7) is 1.47. The highest BCUT2D eigenvalue weighted by atomic mass is 35.5. The van der Waals surface area contributed by atoms with Crippen LogP contribution in [0.5, 0.6) is 5.75 Å². The Kier molecular flexibility index (Phi) is 4.88. The quantitative estimate of drug-likeness (QED) is 0.856. The minimum absolute atomic E-state index is 0.698. The molecule has 0 atom stereocenters. The van der Waals surface area contributed by atoms with Crippen LogP contribution in [0.1, 0.15) is 11.1 Å². The van der Waals surface area contributed by atoms with Crippen LogP contribution < -0.4 is 10.5 Å². The van der Waals surface area contributed by atoms with Crippen molar-refractivity contribution >= 4 is 17.3 Å². The summed E-state index contributed by atoms with van der Waals surface area (Å²) in [5.41, 5.74) is 8.82. The van der Waals surface area contributed by atoms with Crippen molar-refractivity contribution in [2.24, 2.45) is 0 Å². The van der Waals surface area contributed by atoms with Gasteiger partial charge in [-0.2, -0.15) is 0 Å². The summed E-state index contributed by atoms with van der Waals surface area (Å²) in [5, 5.41) is 0.705. The first kappa shape index (κ1) is 14.7. The van der Waals surface area contributed by atoms with Crippen LogP contribution in [0.3, 0.4) is 0 Å². The molecular weight excluding hydrogens is 272 g/mol. The topological polar surface area (TPSA) is 38.5 Å². The molecule has 0 aromatic heterocycles. The highest BCUT2D eigenvalue weighted by molar-refractivity contribution is 6.31. The Hall–Kier alpha value is -1.71. The zero-order valence-corrected chi connectivity index (χ0v) is 12.5. The molecule has 20 heavy (non-hydrogen) atoms. The number of nitrogens with two attached hydrogens (primary N) is 1. The Morgan fingerprint density at radius 1 is 1.10 bits per heavy atom. The van der Waals surface area contributed by atoms with E-state index in [1.807, 2.05) is 43.4 Å². The van der Waals surface area contributed by atoms with Crippen molar-refractivity contribution in [1.29, 1.82) is 0 Å². The van der Waals surface area contributed by atoms with E-state index in [4.69, 9.17) is 22.1 Å². The zero-order chi connectivity index (χ0) is 14.5. The van der Waals surface area contributed by atoms with Crippen molar-refractivity contribution in [3.63, 3.8) is 0 Å². The van der Waals surface area contributed by atoms with Crippen LogP contribution >= 0.6 is 11.6 Å². The van der Waals surface area contributed by atoms with Gasteiger partial charge in [-0.1, -0.05) is 35.9 Å². The molecule has 2 aromatic carbocycles. The Morgan fingerprint density at radius 2 is 1.85 bits per heavy atom. The molecule has 0 spiro atoms. The van der Waals surface area contributed by atoms with Gasteiger partial charge in [-0.3, -0.25) is 4.90 Å². The molecule has 0 bridgehead atoms. The van der Waals surface area contributed by atoms with E-state index < -0.39 is 0 Å². The molecule has 0 fully saturated rings. The Balaban J connectivity index is 2.11. The van der Waals surface area contributed by atoms with Crippen molar-refractivity contribution in [2.45, 2.75) is 13.1 Å². The fraction of sp³-hybridized carbons (Fsp3) is 0.250. The molecule has 0 aliphatic carbocycles. The van der Waals surface area contributed by atoms with Crippen LogP contribution in [-0.4, -0.2) is 19.1 Å². The second kappa shape index (κ2) is 6.64. The zero-order valence-electron chi connectivity index (χ0n) is 11.8. The molecule has 0 amide bonds. The lowest BCUT2D eigenvalue weighted by molar-refractivity contribution is 0.310.